The maximum Gasteiger partial charge on any atom is 0.298 e. The fourth-order valence-electron chi connectivity index (χ4n) is 2.89. The van der Waals surface area contributed by atoms with Crippen LogP contribution in [0.2, 0.25) is 0 Å². The lowest BCUT2D eigenvalue weighted by molar-refractivity contribution is -0.213. The molecule has 0 amide bonds. The highest BCUT2D eigenvalue weighted by molar-refractivity contribution is 6.03. The van der Waals surface area contributed by atoms with E-state index in [1.54, 1.807) is 0 Å². The van der Waals surface area contributed by atoms with Crippen LogP contribution in [0.25, 0.3) is 0 Å². The first-order valence-electron chi connectivity index (χ1n) is 9.70. The van der Waals surface area contributed by atoms with Crippen molar-refractivity contribution >= 4 is 5.78 Å². The molecule has 1 aliphatic heterocycles. The van der Waals surface area contributed by atoms with Crippen molar-refractivity contribution in [2.24, 2.45) is 5.92 Å². The molecule has 6 heteroatoms. The Bertz CT molecular complexity index is 658. The molecule has 5 atom stereocenters. The molecule has 0 saturated heterocycles. The van der Waals surface area contributed by atoms with Gasteiger partial charge >= 0.3 is 0 Å². The van der Waals surface area contributed by atoms with Crippen LogP contribution in [-0.4, -0.2) is 50.3 Å². The van der Waals surface area contributed by atoms with Gasteiger partial charge in [0.1, 0.15) is 11.9 Å². The quantitative estimate of drug-likeness (QED) is 0.335. The molecule has 0 aliphatic carbocycles. The van der Waals surface area contributed by atoms with E-state index in [0.29, 0.717) is 12.8 Å². The minimum Gasteiger partial charge on any atom is -0.456 e. The summed E-state index contributed by atoms with van der Waals surface area (Å²) in [6.45, 7) is 8.53. The molecule has 0 fully saturated rings. The Balaban J connectivity index is 2.46. The van der Waals surface area contributed by atoms with E-state index in [1.807, 2.05) is 51.2 Å². The monoisotopic (exact) mass is 394 g/mol. The molecular formula is C22H34O6. The van der Waals surface area contributed by atoms with Crippen LogP contribution in [0, 0.1) is 5.92 Å². The van der Waals surface area contributed by atoms with Crippen LogP contribution in [0.1, 0.15) is 53.9 Å². The second-order valence-corrected chi connectivity index (χ2v) is 7.44. The molecular weight excluding hydrogens is 360 g/mol. The molecule has 6 nitrogen and oxygen atoms in total. The molecule has 0 aromatic carbocycles. The number of rotatable bonds is 10. The third-order valence-electron chi connectivity index (χ3n) is 5.10. The van der Waals surface area contributed by atoms with Crippen LogP contribution >= 0.6 is 0 Å². The summed E-state index contributed by atoms with van der Waals surface area (Å²) in [5.74, 6) is -2.70. The van der Waals surface area contributed by atoms with Crippen LogP contribution in [0.3, 0.4) is 0 Å². The number of ketones is 1. The molecule has 0 bridgehead atoms. The number of allylic oxidation sites excluding steroid dienone is 4. The van der Waals surface area contributed by atoms with Gasteiger partial charge in [-0.15, -0.1) is 0 Å². The summed E-state index contributed by atoms with van der Waals surface area (Å²) in [6, 6.07) is 0. The Morgan fingerprint density at radius 3 is 2.39 bits per heavy atom. The van der Waals surface area contributed by atoms with Crippen LogP contribution in [0.15, 0.2) is 47.3 Å². The van der Waals surface area contributed by atoms with E-state index >= 15 is 0 Å². The summed E-state index contributed by atoms with van der Waals surface area (Å²) >= 11 is 0. The molecule has 28 heavy (non-hydrogen) atoms. The van der Waals surface area contributed by atoms with Gasteiger partial charge in [0.05, 0.1) is 12.2 Å². The molecule has 158 valence electrons. The number of carbonyl (C=O) groups excluding carboxylic acids is 1. The normalized spacial score (nSPS) is 25.5. The third-order valence-corrected chi connectivity index (χ3v) is 5.10. The summed E-state index contributed by atoms with van der Waals surface area (Å²) in [5.41, 5.74) is 1.16. The van der Waals surface area contributed by atoms with Crippen molar-refractivity contribution in [1.82, 2.24) is 0 Å². The second-order valence-electron chi connectivity index (χ2n) is 7.44. The summed E-state index contributed by atoms with van der Waals surface area (Å²) in [6.07, 6.45) is 8.06. The zero-order valence-corrected chi connectivity index (χ0v) is 17.4. The first kappa shape index (κ1) is 24.3. The minimum atomic E-state index is -2.25. The second kappa shape index (κ2) is 10.7. The molecule has 4 N–H and O–H groups in total. The zero-order chi connectivity index (χ0) is 21.5. The van der Waals surface area contributed by atoms with E-state index in [4.69, 9.17) is 4.74 Å². The van der Waals surface area contributed by atoms with Crippen molar-refractivity contribution in [1.29, 1.82) is 0 Å². The van der Waals surface area contributed by atoms with Gasteiger partial charge in [0.25, 0.3) is 5.79 Å². The Kier molecular flexibility index (Phi) is 9.30. The highest BCUT2D eigenvalue weighted by Gasteiger charge is 2.50. The average Bonchev–Trinajstić information content (AvgIpc) is 2.87. The molecule has 0 spiro atoms. The smallest absolute Gasteiger partial charge is 0.298 e. The van der Waals surface area contributed by atoms with Crippen molar-refractivity contribution in [3.63, 3.8) is 0 Å². The topological polar surface area (TPSA) is 107 Å². The zero-order valence-electron chi connectivity index (χ0n) is 17.4. The molecule has 1 rings (SSSR count). The van der Waals surface area contributed by atoms with Crippen LogP contribution in [0.5, 0.6) is 0 Å². The van der Waals surface area contributed by atoms with E-state index in [1.165, 1.54) is 13.8 Å². The largest absolute Gasteiger partial charge is 0.456 e. The molecule has 0 aromatic rings. The number of aliphatic hydroxyl groups excluding tert-OH is 3. The van der Waals surface area contributed by atoms with E-state index in [2.05, 4.69) is 0 Å². The molecule has 5 unspecified atom stereocenters. The Morgan fingerprint density at radius 2 is 1.86 bits per heavy atom. The number of ether oxygens (including phenoxy) is 1. The van der Waals surface area contributed by atoms with E-state index in [9.17, 15) is 25.2 Å². The number of hydrogen-bond acceptors (Lipinski definition) is 6. The average molecular weight is 395 g/mol. The maximum absolute atomic E-state index is 12.0. The van der Waals surface area contributed by atoms with Crippen molar-refractivity contribution in [3.05, 3.63) is 47.3 Å². The fraction of sp³-hybridized carbons (Fsp3) is 0.591. The lowest BCUT2D eigenvalue weighted by Crippen LogP contribution is -2.47. The maximum atomic E-state index is 12.0. The highest BCUT2D eigenvalue weighted by atomic mass is 16.6. The lowest BCUT2D eigenvalue weighted by Gasteiger charge is -2.25. The van der Waals surface area contributed by atoms with Crippen LogP contribution in [-0.2, 0) is 9.53 Å². The van der Waals surface area contributed by atoms with Gasteiger partial charge in [-0.05, 0) is 46.1 Å². The van der Waals surface area contributed by atoms with Crippen molar-refractivity contribution in [3.8, 4) is 0 Å². The van der Waals surface area contributed by atoms with Crippen molar-refractivity contribution in [2.45, 2.75) is 78.0 Å². The van der Waals surface area contributed by atoms with Crippen LogP contribution < -0.4 is 0 Å². The van der Waals surface area contributed by atoms with Crippen LogP contribution in [0.4, 0.5) is 0 Å². The Hall–Kier alpha value is -1.73. The fourth-order valence-corrected chi connectivity index (χ4v) is 2.89. The Morgan fingerprint density at radius 1 is 1.21 bits per heavy atom. The number of aliphatic hydroxyl groups is 4. The molecule has 1 heterocycles. The summed E-state index contributed by atoms with van der Waals surface area (Å²) in [7, 11) is 0. The van der Waals surface area contributed by atoms with Gasteiger partial charge in [0.2, 0.25) is 5.78 Å². The summed E-state index contributed by atoms with van der Waals surface area (Å²) in [5, 5.41) is 39.9. The predicted molar refractivity (Wildman–Crippen MR) is 108 cm³/mol. The third kappa shape index (κ3) is 6.14. The van der Waals surface area contributed by atoms with Crippen molar-refractivity contribution in [2.75, 3.05) is 0 Å². The highest BCUT2D eigenvalue weighted by Crippen LogP contribution is 2.33. The van der Waals surface area contributed by atoms with E-state index < -0.39 is 29.9 Å². The molecule has 0 saturated carbocycles. The predicted octanol–water partition coefficient (Wildman–Crippen LogP) is 2.54. The first-order chi connectivity index (χ1) is 13.0. The van der Waals surface area contributed by atoms with Gasteiger partial charge in [-0.2, -0.15) is 0 Å². The molecule has 1 aliphatic rings. The number of hydrogen-bond donors (Lipinski definition) is 4. The minimum absolute atomic E-state index is 0.00562. The Labute approximate surface area is 167 Å². The summed E-state index contributed by atoms with van der Waals surface area (Å²) in [4.78, 5) is 12.0. The van der Waals surface area contributed by atoms with Gasteiger partial charge in [-0.3, -0.25) is 4.79 Å². The van der Waals surface area contributed by atoms with E-state index in [0.717, 1.165) is 5.57 Å². The van der Waals surface area contributed by atoms with Gasteiger partial charge in [0.15, 0.2) is 0 Å². The first-order valence-corrected chi connectivity index (χ1v) is 9.70. The number of carbonyl (C=O) groups is 1. The van der Waals surface area contributed by atoms with Crippen molar-refractivity contribution < 1.29 is 30.0 Å². The summed E-state index contributed by atoms with van der Waals surface area (Å²) < 4.78 is 5.25. The van der Waals surface area contributed by atoms with Gasteiger partial charge in [0, 0.05) is 17.9 Å². The van der Waals surface area contributed by atoms with Gasteiger partial charge in [-0.25, -0.2) is 0 Å². The number of Topliss-reactive ketones (excluding diaryl/α,β-unsaturated/α-hetero) is 1. The van der Waals surface area contributed by atoms with E-state index in [-0.39, 0.29) is 23.7 Å². The molecule has 0 radical (unpaired) electrons. The lowest BCUT2D eigenvalue weighted by atomic mass is 9.98. The van der Waals surface area contributed by atoms with Gasteiger partial charge < -0.3 is 25.2 Å². The standard InChI is InChI=1S/C22H34O6/c1-6-14(2)20(25)15(3)11-9-7-8-10-12-18(24)13-19-16(4)21(26)22(27,28-19)17(5)23/h6-9,11,15,17-18,20,23-25,27H,10,12-13H2,1-5H3. The molecule has 0 aromatic heterocycles. The van der Waals surface area contributed by atoms with Gasteiger partial charge in [-0.1, -0.05) is 37.3 Å². The SMILES string of the molecule is CC=C(C)C(O)C(C)C=CC=CCCC(O)CC1=C(C)C(=O)C(O)(C(C)O)O1.